The molecule has 0 aromatic carbocycles. The lowest BCUT2D eigenvalue weighted by atomic mass is 9.99. The first kappa shape index (κ1) is 17.4. The molecule has 0 saturated carbocycles. The number of anilines is 1. The van der Waals surface area contributed by atoms with Gasteiger partial charge in [0.15, 0.2) is 0 Å². The average molecular weight is 370 g/mol. The Labute approximate surface area is 143 Å². The molecule has 0 spiro atoms. The van der Waals surface area contributed by atoms with Gasteiger partial charge in [-0.3, -0.25) is 4.79 Å². The molecule has 8 nitrogen and oxygen atoms in total. The molecular weight excluding hydrogens is 351 g/mol. The van der Waals surface area contributed by atoms with Crippen LogP contribution in [0, 0.1) is 5.92 Å². The number of hydrogen-bond donors (Lipinski definition) is 3. The number of piperidine rings is 1. The summed E-state index contributed by atoms with van der Waals surface area (Å²) in [7, 11) is -0.378. The monoisotopic (exact) mass is 370 g/mol. The molecule has 0 bridgehead atoms. The van der Waals surface area contributed by atoms with Crippen LogP contribution in [0.25, 0.3) is 10.8 Å². The molecule has 0 unspecified atom stereocenters. The van der Waals surface area contributed by atoms with Crippen molar-refractivity contribution in [2.45, 2.75) is 12.8 Å². The van der Waals surface area contributed by atoms with Gasteiger partial charge in [-0.2, -0.15) is 10.1 Å². The molecule has 1 aliphatic heterocycles. The van der Waals surface area contributed by atoms with E-state index in [1.807, 2.05) is 6.07 Å². The third kappa shape index (κ3) is 3.80. The molecule has 3 rings (SSSR count). The number of aromatic nitrogens is 3. The molecule has 3 N–H and O–H groups in total. The number of nitrogens with one attached hydrogen (secondary N) is 1. The maximum absolute atomic E-state index is 11.9. The Morgan fingerprint density at radius 1 is 1.46 bits per heavy atom. The number of rotatable bonds is 5. The summed E-state index contributed by atoms with van der Waals surface area (Å²) in [5.74, 6) is 2.31. The van der Waals surface area contributed by atoms with Crippen molar-refractivity contribution in [2.75, 3.05) is 30.9 Å². The topological polar surface area (TPSA) is 112 Å². The van der Waals surface area contributed by atoms with E-state index in [9.17, 15) is 4.79 Å². The van der Waals surface area contributed by atoms with E-state index in [-0.39, 0.29) is 5.56 Å². The standard InChI is InChI=1S/C14H19N4O4PS/c1-22-14-12-10(7-15-17-13(12)19)6-11(16-14)18-4-2-9(3-5-18)8-24-23(20)21/h6-7,9,20-21H,2-5,8H2,1H3,(H,17,19). The van der Waals surface area contributed by atoms with Gasteiger partial charge in [-0.05, 0) is 24.8 Å². The molecule has 2 aromatic heterocycles. The van der Waals surface area contributed by atoms with Crippen LogP contribution in [-0.2, 0) is 0 Å². The van der Waals surface area contributed by atoms with Crippen LogP contribution in [0.15, 0.2) is 17.1 Å². The number of aromatic amines is 1. The molecule has 130 valence electrons. The minimum Gasteiger partial charge on any atom is -0.480 e. The van der Waals surface area contributed by atoms with Crippen molar-refractivity contribution in [3.63, 3.8) is 0 Å². The molecule has 1 aliphatic rings. The Hall–Kier alpha value is -1.41. The summed E-state index contributed by atoms with van der Waals surface area (Å²) in [5, 5.41) is 7.34. The van der Waals surface area contributed by atoms with Crippen LogP contribution in [0.4, 0.5) is 5.82 Å². The maximum atomic E-state index is 11.9. The molecule has 1 saturated heterocycles. The summed E-state index contributed by atoms with van der Waals surface area (Å²) < 4.78 is 5.28. The molecule has 24 heavy (non-hydrogen) atoms. The first-order chi connectivity index (χ1) is 11.6. The fourth-order valence-corrected chi connectivity index (χ4v) is 4.59. The maximum Gasteiger partial charge on any atom is 0.277 e. The highest BCUT2D eigenvalue weighted by Crippen LogP contribution is 2.43. The van der Waals surface area contributed by atoms with E-state index in [2.05, 4.69) is 20.1 Å². The van der Waals surface area contributed by atoms with Gasteiger partial charge in [-0.15, -0.1) is 0 Å². The molecule has 2 aromatic rings. The first-order valence-electron chi connectivity index (χ1n) is 7.56. The van der Waals surface area contributed by atoms with Gasteiger partial charge >= 0.3 is 0 Å². The van der Waals surface area contributed by atoms with E-state index in [1.54, 1.807) is 6.20 Å². The second kappa shape index (κ2) is 7.65. The molecular formula is C14H19N4O4PS. The second-order valence-electron chi connectivity index (χ2n) is 5.63. The zero-order valence-electron chi connectivity index (χ0n) is 13.2. The van der Waals surface area contributed by atoms with Crippen LogP contribution in [-0.4, -0.2) is 50.9 Å². The number of pyridine rings is 1. The number of hydrogen-bond acceptors (Lipinski definition) is 8. The van der Waals surface area contributed by atoms with E-state index in [1.165, 1.54) is 18.5 Å². The Kier molecular flexibility index (Phi) is 5.55. The third-order valence-corrected chi connectivity index (χ3v) is 6.15. The lowest BCUT2D eigenvalue weighted by Gasteiger charge is -2.32. The molecule has 0 atom stereocenters. The Morgan fingerprint density at radius 2 is 2.21 bits per heavy atom. The molecule has 0 aliphatic carbocycles. The Bertz CT molecular complexity index is 764. The lowest BCUT2D eigenvalue weighted by Crippen LogP contribution is -2.35. The SMILES string of the molecule is COc1nc(N2CCC(CSP(O)O)CC2)cc2cn[nH]c(=O)c12. The minimum absolute atomic E-state index is 0.301. The zero-order valence-corrected chi connectivity index (χ0v) is 14.9. The van der Waals surface area contributed by atoms with E-state index in [0.717, 1.165) is 37.5 Å². The van der Waals surface area contributed by atoms with Gasteiger partial charge in [-0.25, -0.2) is 5.10 Å². The number of H-pyrrole nitrogens is 1. The first-order valence-corrected chi connectivity index (χ1v) is 10.4. The van der Waals surface area contributed by atoms with Crippen LogP contribution in [0.3, 0.4) is 0 Å². The fraction of sp³-hybridized carbons (Fsp3) is 0.500. The van der Waals surface area contributed by atoms with Crippen molar-refractivity contribution in [3.05, 3.63) is 22.6 Å². The van der Waals surface area contributed by atoms with E-state index < -0.39 is 7.58 Å². The fourth-order valence-electron chi connectivity index (χ4n) is 2.88. The normalized spacial score (nSPS) is 16.1. The van der Waals surface area contributed by atoms with Crippen LogP contribution in [0.1, 0.15) is 12.8 Å². The third-order valence-electron chi connectivity index (χ3n) is 4.16. The summed E-state index contributed by atoms with van der Waals surface area (Å²) in [6, 6.07) is 1.86. The highest BCUT2D eigenvalue weighted by molar-refractivity contribution is 8.52. The summed E-state index contributed by atoms with van der Waals surface area (Å²) in [4.78, 5) is 36.6. The Morgan fingerprint density at radius 3 is 2.88 bits per heavy atom. The van der Waals surface area contributed by atoms with Crippen molar-refractivity contribution >= 4 is 35.5 Å². The van der Waals surface area contributed by atoms with E-state index >= 15 is 0 Å². The van der Waals surface area contributed by atoms with Crippen LogP contribution in [0.5, 0.6) is 5.88 Å². The average Bonchev–Trinajstić information content (AvgIpc) is 2.59. The molecule has 0 amide bonds. The van der Waals surface area contributed by atoms with Gasteiger partial charge < -0.3 is 19.4 Å². The molecule has 10 heteroatoms. The van der Waals surface area contributed by atoms with Gasteiger partial charge in [0.2, 0.25) is 13.5 Å². The second-order valence-corrected chi connectivity index (χ2v) is 8.48. The molecule has 3 heterocycles. The predicted octanol–water partition coefficient (Wildman–Crippen LogP) is 1.49. The van der Waals surface area contributed by atoms with Crippen molar-refractivity contribution in [1.29, 1.82) is 0 Å². The van der Waals surface area contributed by atoms with Gasteiger partial charge in [0.1, 0.15) is 11.2 Å². The van der Waals surface area contributed by atoms with Crippen molar-refractivity contribution < 1.29 is 14.5 Å². The summed E-state index contributed by atoms with van der Waals surface area (Å²) in [5.41, 5.74) is -0.316. The smallest absolute Gasteiger partial charge is 0.277 e. The number of fused-ring (bicyclic) bond motifs is 1. The van der Waals surface area contributed by atoms with Gasteiger partial charge in [0.05, 0.1) is 13.3 Å². The minimum atomic E-state index is -1.88. The Balaban J connectivity index is 1.78. The quantitative estimate of drug-likeness (QED) is 0.679. The highest BCUT2D eigenvalue weighted by Gasteiger charge is 2.22. The lowest BCUT2D eigenvalue weighted by molar-refractivity contribution is 0.400. The van der Waals surface area contributed by atoms with Crippen molar-refractivity contribution in [2.24, 2.45) is 5.92 Å². The van der Waals surface area contributed by atoms with E-state index in [0.29, 0.717) is 22.6 Å². The zero-order chi connectivity index (χ0) is 17.1. The van der Waals surface area contributed by atoms with Crippen LogP contribution in [0.2, 0.25) is 0 Å². The summed E-state index contributed by atoms with van der Waals surface area (Å²) >= 11 is 1.22. The van der Waals surface area contributed by atoms with Crippen molar-refractivity contribution in [1.82, 2.24) is 15.2 Å². The van der Waals surface area contributed by atoms with Crippen LogP contribution >= 0.6 is 19.0 Å². The highest BCUT2D eigenvalue weighted by atomic mass is 32.7. The number of nitrogens with zero attached hydrogens (tertiary/aromatic N) is 3. The molecule has 0 radical (unpaired) electrons. The summed E-state index contributed by atoms with van der Waals surface area (Å²) in [6.45, 7) is 1.66. The molecule has 1 fully saturated rings. The van der Waals surface area contributed by atoms with Gasteiger partial charge in [0.25, 0.3) is 5.56 Å². The van der Waals surface area contributed by atoms with E-state index in [4.69, 9.17) is 14.5 Å². The van der Waals surface area contributed by atoms with Gasteiger partial charge in [0, 0.05) is 24.2 Å². The van der Waals surface area contributed by atoms with Crippen LogP contribution < -0.4 is 15.2 Å². The number of ether oxygens (including phenoxy) is 1. The largest absolute Gasteiger partial charge is 0.480 e. The number of methoxy groups -OCH3 is 1. The van der Waals surface area contributed by atoms with Crippen molar-refractivity contribution in [3.8, 4) is 5.88 Å². The summed E-state index contributed by atoms with van der Waals surface area (Å²) in [6.07, 6.45) is 3.52. The predicted molar refractivity (Wildman–Crippen MR) is 95.5 cm³/mol. The van der Waals surface area contributed by atoms with Gasteiger partial charge in [-0.1, -0.05) is 11.4 Å².